The minimum Gasteiger partial charge on any atom is -0.375 e. The fourth-order valence-corrected chi connectivity index (χ4v) is 2.84. The van der Waals surface area contributed by atoms with Crippen LogP contribution in [-0.4, -0.2) is 28.0 Å². The molecule has 0 fully saturated rings. The zero-order valence-electron chi connectivity index (χ0n) is 11.8. The largest absolute Gasteiger partial charge is 0.375 e. The van der Waals surface area contributed by atoms with E-state index in [1.807, 2.05) is 0 Å². The van der Waals surface area contributed by atoms with Gasteiger partial charge in [-0.3, -0.25) is 0 Å². The van der Waals surface area contributed by atoms with Gasteiger partial charge in [0.25, 0.3) is 0 Å². The van der Waals surface area contributed by atoms with E-state index in [1.54, 1.807) is 0 Å². The van der Waals surface area contributed by atoms with E-state index in [2.05, 4.69) is 47.4 Å². The minimum atomic E-state index is 0.961. The number of nitrogens with one attached hydrogen (secondary N) is 1. The molecular formula is C16H21N3. The van der Waals surface area contributed by atoms with Crippen LogP contribution in [0.5, 0.6) is 0 Å². The molecule has 100 valence electrons. The lowest BCUT2D eigenvalue weighted by molar-refractivity contribution is 0.364. The number of benzene rings is 1. The van der Waals surface area contributed by atoms with E-state index in [9.17, 15) is 0 Å². The van der Waals surface area contributed by atoms with E-state index >= 15 is 0 Å². The molecule has 1 aromatic carbocycles. The molecule has 0 saturated carbocycles. The van der Waals surface area contributed by atoms with Crippen LogP contribution in [0.3, 0.4) is 0 Å². The average molecular weight is 255 g/mol. The Morgan fingerprint density at radius 1 is 1.32 bits per heavy atom. The monoisotopic (exact) mass is 255 g/mol. The molecule has 3 nitrogen and oxygen atoms in total. The third-order valence-electron chi connectivity index (χ3n) is 4.03. The van der Waals surface area contributed by atoms with E-state index in [0.29, 0.717) is 0 Å². The Morgan fingerprint density at radius 2 is 2.00 bits per heavy atom. The average Bonchev–Trinajstić information content (AvgIpc) is 2.67. The standard InChI is InChI=1S/C16H21N3/c1-4-16-17-14-9-12-5-7-19(11(2)3)8-6-13(12)10-15(14)18-16/h9-10H,2,4-8H2,1,3H3,(H,17,18). The van der Waals surface area contributed by atoms with Gasteiger partial charge in [-0.1, -0.05) is 13.5 Å². The van der Waals surface area contributed by atoms with Crippen LogP contribution in [0.25, 0.3) is 11.0 Å². The van der Waals surface area contributed by atoms with Gasteiger partial charge >= 0.3 is 0 Å². The van der Waals surface area contributed by atoms with Gasteiger partial charge in [-0.25, -0.2) is 4.98 Å². The van der Waals surface area contributed by atoms with Crippen LogP contribution in [-0.2, 0) is 19.3 Å². The van der Waals surface area contributed by atoms with Crippen molar-refractivity contribution >= 4 is 11.0 Å². The van der Waals surface area contributed by atoms with Gasteiger partial charge in [0.15, 0.2) is 0 Å². The molecule has 0 aliphatic carbocycles. The Bertz CT molecular complexity index is 579. The first kappa shape index (κ1) is 12.3. The Hall–Kier alpha value is -1.77. The van der Waals surface area contributed by atoms with Gasteiger partial charge in [-0.2, -0.15) is 0 Å². The van der Waals surface area contributed by atoms with Crippen LogP contribution in [0.2, 0.25) is 0 Å². The Kier molecular flexibility index (Phi) is 3.05. The van der Waals surface area contributed by atoms with Crippen molar-refractivity contribution in [1.82, 2.24) is 14.9 Å². The zero-order chi connectivity index (χ0) is 13.4. The molecule has 1 aliphatic rings. The van der Waals surface area contributed by atoms with E-state index in [1.165, 1.54) is 22.3 Å². The second-order valence-electron chi connectivity index (χ2n) is 5.40. The van der Waals surface area contributed by atoms with Gasteiger partial charge in [0.2, 0.25) is 0 Å². The van der Waals surface area contributed by atoms with Gasteiger partial charge in [-0.05, 0) is 43.0 Å². The predicted molar refractivity (Wildman–Crippen MR) is 79.3 cm³/mol. The van der Waals surface area contributed by atoms with Gasteiger partial charge in [0.05, 0.1) is 11.0 Å². The van der Waals surface area contributed by atoms with E-state index in [-0.39, 0.29) is 0 Å². The number of fused-ring (bicyclic) bond motifs is 2. The minimum absolute atomic E-state index is 0.961. The van der Waals surface area contributed by atoms with Crippen LogP contribution >= 0.6 is 0 Å². The molecule has 0 unspecified atom stereocenters. The maximum Gasteiger partial charge on any atom is 0.106 e. The van der Waals surface area contributed by atoms with Crippen molar-refractivity contribution in [3.8, 4) is 0 Å². The van der Waals surface area contributed by atoms with Crippen molar-refractivity contribution in [2.75, 3.05) is 13.1 Å². The van der Waals surface area contributed by atoms with Gasteiger partial charge in [0, 0.05) is 25.2 Å². The van der Waals surface area contributed by atoms with Gasteiger partial charge in [0.1, 0.15) is 5.82 Å². The lowest BCUT2D eigenvalue weighted by atomic mass is 10.0. The number of aromatic nitrogens is 2. The fourth-order valence-electron chi connectivity index (χ4n) is 2.84. The highest BCUT2D eigenvalue weighted by molar-refractivity contribution is 5.77. The van der Waals surface area contributed by atoms with Gasteiger partial charge < -0.3 is 9.88 Å². The quantitative estimate of drug-likeness (QED) is 0.894. The molecule has 0 spiro atoms. The number of aryl methyl sites for hydroxylation is 1. The van der Waals surface area contributed by atoms with Crippen molar-refractivity contribution in [3.05, 3.63) is 41.4 Å². The number of hydrogen-bond acceptors (Lipinski definition) is 2. The van der Waals surface area contributed by atoms with Crippen molar-refractivity contribution in [2.45, 2.75) is 33.1 Å². The van der Waals surface area contributed by atoms with Crippen LogP contribution in [0.1, 0.15) is 30.8 Å². The van der Waals surface area contributed by atoms with Crippen LogP contribution in [0.15, 0.2) is 24.4 Å². The SMILES string of the molecule is C=C(C)N1CCc2cc3nc(CC)[nH]c3cc2CC1. The van der Waals surface area contributed by atoms with E-state index in [0.717, 1.165) is 43.7 Å². The molecule has 0 radical (unpaired) electrons. The maximum atomic E-state index is 4.64. The molecule has 0 amide bonds. The van der Waals surface area contributed by atoms with Crippen LogP contribution in [0.4, 0.5) is 0 Å². The smallest absolute Gasteiger partial charge is 0.106 e. The summed E-state index contributed by atoms with van der Waals surface area (Å²) in [6, 6.07) is 4.56. The highest BCUT2D eigenvalue weighted by Gasteiger charge is 2.15. The number of H-pyrrole nitrogens is 1. The number of hydrogen-bond donors (Lipinski definition) is 1. The van der Waals surface area contributed by atoms with Crippen molar-refractivity contribution in [1.29, 1.82) is 0 Å². The topological polar surface area (TPSA) is 31.9 Å². The van der Waals surface area contributed by atoms with Crippen LogP contribution in [0, 0.1) is 0 Å². The molecule has 0 bridgehead atoms. The second-order valence-corrected chi connectivity index (χ2v) is 5.40. The molecule has 2 heterocycles. The van der Waals surface area contributed by atoms with Gasteiger partial charge in [-0.15, -0.1) is 0 Å². The normalized spacial score (nSPS) is 15.4. The third kappa shape index (κ3) is 2.25. The van der Waals surface area contributed by atoms with Crippen LogP contribution < -0.4 is 0 Å². The summed E-state index contributed by atoms with van der Waals surface area (Å²) in [6.45, 7) is 10.4. The first-order valence-corrected chi connectivity index (χ1v) is 7.08. The summed E-state index contributed by atoms with van der Waals surface area (Å²) < 4.78 is 0. The van der Waals surface area contributed by atoms with Crippen molar-refractivity contribution < 1.29 is 0 Å². The summed E-state index contributed by atoms with van der Waals surface area (Å²) >= 11 is 0. The first-order valence-electron chi connectivity index (χ1n) is 7.08. The molecule has 3 rings (SSSR count). The van der Waals surface area contributed by atoms with Crippen molar-refractivity contribution in [3.63, 3.8) is 0 Å². The third-order valence-corrected chi connectivity index (χ3v) is 4.03. The second kappa shape index (κ2) is 4.72. The summed E-state index contributed by atoms with van der Waals surface area (Å²) in [5.74, 6) is 1.08. The molecule has 2 aromatic rings. The molecule has 0 saturated heterocycles. The summed E-state index contributed by atoms with van der Waals surface area (Å²) in [5.41, 5.74) is 6.37. The number of nitrogens with zero attached hydrogens (tertiary/aromatic N) is 2. The summed E-state index contributed by atoms with van der Waals surface area (Å²) in [5, 5.41) is 0. The Morgan fingerprint density at radius 3 is 2.63 bits per heavy atom. The van der Waals surface area contributed by atoms with E-state index < -0.39 is 0 Å². The lowest BCUT2D eigenvalue weighted by Gasteiger charge is -2.21. The summed E-state index contributed by atoms with van der Waals surface area (Å²) in [6.07, 6.45) is 3.15. The highest BCUT2D eigenvalue weighted by atomic mass is 15.1. The highest BCUT2D eigenvalue weighted by Crippen LogP contribution is 2.23. The number of rotatable bonds is 2. The lowest BCUT2D eigenvalue weighted by Crippen LogP contribution is -2.23. The molecule has 1 aromatic heterocycles. The summed E-state index contributed by atoms with van der Waals surface area (Å²) in [4.78, 5) is 10.4. The number of aromatic amines is 1. The fraction of sp³-hybridized carbons (Fsp3) is 0.438. The molecule has 1 N–H and O–H groups in total. The molecule has 1 aliphatic heterocycles. The van der Waals surface area contributed by atoms with Crippen molar-refractivity contribution in [2.24, 2.45) is 0 Å². The predicted octanol–water partition coefficient (Wildman–Crippen LogP) is 3.06. The zero-order valence-corrected chi connectivity index (χ0v) is 11.8. The maximum absolute atomic E-state index is 4.64. The molecule has 19 heavy (non-hydrogen) atoms. The molecule has 3 heteroatoms. The first-order chi connectivity index (χ1) is 9.17. The van der Waals surface area contributed by atoms with E-state index in [4.69, 9.17) is 0 Å². The number of imidazole rings is 1. The Balaban J connectivity index is 1.97. The molecule has 0 atom stereocenters. The Labute approximate surface area is 114 Å². The molecular weight excluding hydrogens is 234 g/mol. The summed E-state index contributed by atoms with van der Waals surface area (Å²) in [7, 11) is 0. The number of allylic oxidation sites excluding steroid dienone is 1.